The van der Waals surface area contributed by atoms with E-state index in [0.29, 0.717) is 0 Å². The minimum Gasteiger partial charge on any atom is -0.463 e. The van der Waals surface area contributed by atoms with Crippen molar-refractivity contribution in [3.05, 3.63) is 0 Å². The average molecular weight is 378 g/mol. The van der Waals surface area contributed by atoms with Crippen molar-refractivity contribution in [2.45, 2.75) is 52.1 Å². The molecule has 0 aromatic carbocycles. The Morgan fingerprint density at radius 2 is 1.08 bits per heavy atom. The highest BCUT2D eigenvalue weighted by atomic mass is 16.6. The minimum atomic E-state index is -1.18. The molecule has 150 valence electrons. The lowest BCUT2D eigenvalue weighted by Crippen LogP contribution is -2.52. The molecule has 10 nitrogen and oxygen atoms in total. The Morgan fingerprint density at radius 3 is 1.42 bits per heavy atom. The molecule has 0 aliphatic heterocycles. The maximum atomic E-state index is 11.5. The molecule has 26 heavy (non-hydrogen) atoms. The number of esters is 4. The van der Waals surface area contributed by atoms with E-state index in [-0.39, 0.29) is 13.2 Å². The molecule has 0 aromatic rings. The summed E-state index contributed by atoms with van der Waals surface area (Å²) in [5.74, 6) is -2.51. The number of hydrogen-bond acceptors (Lipinski definition) is 10. The summed E-state index contributed by atoms with van der Waals surface area (Å²) in [6, 6.07) is 0. The van der Waals surface area contributed by atoms with Crippen LogP contribution in [0.25, 0.3) is 0 Å². The van der Waals surface area contributed by atoms with Gasteiger partial charge < -0.3 is 28.4 Å². The fourth-order valence-electron chi connectivity index (χ4n) is 2.15. The zero-order chi connectivity index (χ0) is 20.3. The van der Waals surface area contributed by atoms with E-state index in [9.17, 15) is 19.2 Å². The van der Waals surface area contributed by atoms with Gasteiger partial charge in [-0.2, -0.15) is 0 Å². The molecule has 0 unspecified atom stereocenters. The zero-order valence-corrected chi connectivity index (χ0v) is 15.8. The molecule has 0 radical (unpaired) electrons. The van der Waals surface area contributed by atoms with Gasteiger partial charge in [-0.1, -0.05) is 0 Å². The van der Waals surface area contributed by atoms with E-state index in [1.807, 2.05) is 0 Å². The molecule has 0 aromatic heterocycles. The summed E-state index contributed by atoms with van der Waals surface area (Å²) in [7, 11) is 2.66. The minimum absolute atomic E-state index is 0.192. The zero-order valence-electron chi connectivity index (χ0n) is 15.8. The van der Waals surface area contributed by atoms with Gasteiger partial charge in [-0.25, -0.2) is 0 Å². The van der Waals surface area contributed by atoms with Crippen molar-refractivity contribution in [2.24, 2.45) is 0 Å². The van der Waals surface area contributed by atoms with Gasteiger partial charge in [0.25, 0.3) is 0 Å². The van der Waals surface area contributed by atoms with Crippen LogP contribution in [-0.4, -0.2) is 75.7 Å². The van der Waals surface area contributed by atoms with Crippen molar-refractivity contribution in [1.29, 1.82) is 0 Å². The lowest BCUT2D eigenvalue weighted by atomic mass is 10.0. The molecule has 0 rings (SSSR count). The van der Waals surface area contributed by atoms with Crippen LogP contribution >= 0.6 is 0 Å². The Labute approximate surface area is 152 Å². The molecule has 0 N–H and O–H groups in total. The van der Waals surface area contributed by atoms with Gasteiger partial charge in [0.1, 0.15) is 25.4 Å². The lowest BCUT2D eigenvalue weighted by Gasteiger charge is -2.34. The van der Waals surface area contributed by atoms with Crippen LogP contribution in [0.3, 0.4) is 0 Å². The van der Waals surface area contributed by atoms with Crippen LogP contribution in [0, 0.1) is 0 Å². The first-order valence-corrected chi connectivity index (χ1v) is 7.79. The van der Waals surface area contributed by atoms with Gasteiger partial charge in [0.15, 0.2) is 12.2 Å². The summed E-state index contributed by atoms with van der Waals surface area (Å²) < 4.78 is 30.8. The summed E-state index contributed by atoms with van der Waals surface area (Å²) in [5.41, 5.74) is 0. The SMILES string of the molecule is CO[C@@H]([C@H](OC(C)=O)[C@H](COC(C)=O)OC(C)=O)[C@@H](COC(C)=O)OC. The van der Waals surface area contributed by atoms with Crippen LogP contribution < -0.4 is 0 Å². The van der Waals surface area contributed by atoms with Crippen molar-refractivity contribution in [2.75, 3.05) is 27.4 Å². The first kappa shape index (κ1) is 23.8. The van der Waals surface area contributed by atoms with E-state index in [0.717, 1.165) is 13.8 Å². The molecule has 0 aliphatic carbocycles. The third kappa shape index (κ3) is 9.33. The Balaban J connectivity index is 5.60. The number of hydrogen-bond donors (Lipinski definition) is 0. The molecule has 10 heteroatoms. The number of methoxy groups -OCH3 is 2. The standard InChI is InChI=1S/C16H26O10/c1-9(17)23-7-13(21-5)15(22-6)16(26-12(4)20)14(25-11(3)19)8-24-10(2)18/h13-16H,7-8H2,1-6H3/t13-,14+,15-,16-/m1/s1. The third-order valence-corrected chi connectivity index (χ3v) is 3.15. The van der Waals surface area contributed by atoms with Crippen LogP contribution in [-0.2, 0) is 47.6 Å². The first-order valence-electron chi connectivity index (χ1n) is 7.79. The Bertz CT molecular complexity index is 489. The fraction of sp³-hybridized carbons (Fsp3) is 0.750. The predicted molar refractivity (Wildman–Crippen MR) is 86.0 cm³/mol. The van der Waals surface area contributed by atoms with Crippen molar-refractivity contribution in [1.82, 2.24) is 0 Å². The first-order chi connectivity index (χ1) is 12.1. The van der Waals surface area contributed by atoms with Gasteiger partial charge in [0.2, 0.25) is 0 Å². The van der Waals surface area contributed by atoms with E-state index in [4.69, 9.17) is 28.4 Å². The Morgan fingerprint density at radius 1 is 0.615 bits per heavy atom. The molecule has 0 amide bonds. The van der Waals surface area contributed by atoms with Crippen molar-refractivity contribution in [3.8, 4) is 0 Å². The normalized spacial score (nSPS) is 15.2. The molecule has 0 aliphatic rings. The van der Waals surface area contributed by atoms with E-state index in [1.54, 1.807) is 0 Å². The summed E-state index contributed by atoms with van der Waals surface area (Å²) in [6.07, 6.45) is -4.16. The van der Waals surface area contributed by atoms with Gasteiger partial charge in [-0.3, -0.25) is 19.2 Å². The molecule has 0 bridgehead atoms. The van der Waals surface area contributed by atoms with E-state index >= 15 is 0 Å². The topological polar surface area (TPSA) is 124 Å². The molecule has 0 spiro atoms. The van der Waals surface area contributed by atoms with Gasteiger partial charge in [0.05, 0.1) is 0 Å². The Hall–Kier alpha value is -2.20. The van der Waals surface area contributed by atoms with E-state index < -0.39 is 48.3 Å². The number of carbonyl (C=O) groups excluding carboxylic acids is 4. The van der Waals surface area contributed by atoms with Gasteiger partial charge >= 0.3 is 23.9 Å². The number of ether oxygens (including phenoxy) is 6. The number of rotatable bonds is 11. The summed E-state index contributed by atoms with van der Waals surface area (Å²) in [5, 5.41) is 0. The highest BCUT2D eigenvalue weighted by Gasteiger charge is 2.41. The molecule has 0 saturated carbocycles. The summed E-state index contributed by atoms with van der Waals surface area (Å²) in [6.45, 7) is 4.15. The number of carbonyl (C=O) groups is 4. The van der Waals surface area contributed by atoms with Crippen LogP contribution in [0.15, 0.2) is 0 Å². The van der Waals surface area contributed by atoms with Crippen molar-refractivity contribution < 1.29 is 47.6 Å². The molecule has 0 fully saturated rings. The third-order valence-electron chi connectivity index (χ3n) is 3.15. The van der Waals surface area contributed by atoms with Crippen LogP contribution in [0.1, 0.15) is 27.7 Å². The van der Waals surface area contributed by atoms with Gasteiger partial charge in [-0.15, -0.1) is 0 Å². The molecular weight excluding hydrogens is 352 g/mol. The quantitative estimate of drug-likeness (QED) is 0.358. The van der Waals surface area contributed by atoms with Crippen molar-refractivity contribution >= 4 is 23.9 Å². The highest BCUT2D eigenvalue weighted by molar-refractivity contribution is 5.68. The lowest BCUT2D eigenvalue weighted by molar-refractivity contribution is -0.197. The van der Waals surface area contributed by atoms with Gasteiger partial charge in [0, 0.05) is 41.9 Å². The van der Waals surface area contributed by atoms with Gasteiger partial charge in [-0.05, 0) is 0 Å². The Kier molecular flexibility index (Phi) is 11.2. The molecule has 4 atom stereocenters. The smallest absolute Gasteiger partial charge is 0.303 e. The highest BCUT2D eigenvalue weighted by Crippen LogP contribution is 2.19. The maximum absolute atomic E-state index is 11.5. The fourth-order valence-corrected chi connectivity index (χ4v) is 2.15. The van der Waals surface area contributed by atoms with E-state index in [2.05, 4.69) is 0 Å². The second kappa shape index (κ2) is 12.2. The summed E-state index contributed by atoms with van der Waals surface area (Å²) in [4.78, 5) is 45.1. The maximum Gasteiger partial charge on any atom is 0.303 e. The summed E-state index contributed by atoms with van der Waals surface area (Å²) >= 11 is 0. The largest absolute Gasteiger partial charge is 0.463 e. The van der Waals surface area contributed by atoms with E-state index in [1.165, 1.54) is 28.1 Å². The second-order valence-corrected chi connectivity index (χ2v) is 5.30. The monoisotopic (exact) mass is 378 g/mol. The van der Waals surface area contributed by atoms with Crippen molar-refractivity contribution in [3.63, 3.8) is 0 Å². The van der Waals surface area contributed by atoms with Crippen LogP contribution in [0.4, 0.5) is 0 Å². The van der Waals surface area contributed by atoms with Crippen LogP contribution in [0.5, 0.6) is 0 Å². The van der Waals surface area contributed by atoms with Crippen LogP contribution in [0.2, 0.25) is 0 Å². The second-order valence-electron chi connectivity index (χ2n) is 5.30. The molecule has 0 saturated heterocycles. The molecule has 0 heterocycles. The average Bonchev–Trinajstić information content (AvgIpc) is 2.52. The predicted octanol–water partition coefficient (Wildman–Crippen LogP) is 0.00600. The molecular formula is C16H26O10.